The summed E-state index contributed by atoms with van der Waals surface area (Å²) in [6, 6.07) is 11.9. The number of piperidine rings is 1. The maximum absolute atomic E-state index is 15.1. The first kappa shape index (κ1) is 22.4. The highest BCUT2D eigenvalue weighted by Gasteiger charge is 2.35. The molecule has 2 aliphatic rings. The van der Waals surface area contributed by atoms with Gasteiger partial charge in [0.25, 0.3) is 5.89 Å². The molecular weight excluding hydrogens is 447 g/mol. The molecule has 2 aromatic carbocycles. The van der Waals surface area contributed by atoms with Gasteiger partial charge >= 0.3 is 12.5 Å². The number of anilines is 1. The van der Waals surface area contributed by atoms with E-state index in [1.165, 1.54) is 12.1 Å². The molecule has 5 rings (SSSR count). The van der Waals surface area contributed by atoms with Gasteiger partial charge in [0.15, 0.2) is 0 Å². The normalized spacial score (nSPS) is 17.5. The van der Waals surface area contributed by atoms with Crippen LogP contribution in [0.15, 0.2) is 46.9 Å². The average Bonchev–Trinajstić information content (AvgIpc) is 3.33. The van der Waals surface area contributed by atoms with E-state index in [1.807, 2.05) is 29.2 Å². The van der Waals surface area contributed by atoms with Crippen molar-refractivity contribution in [1.29, 1.82) is 0 Å². The second-order valence-corrected chi connectivity index (χ2v) is 8.71. The molecule has 0 radical (unpaired) electrons. The molecule has 1 fully saturated rings. The summed E-state index contributed by atoms with van der Waals surface area (Å²) >= 11 is 0. The smallest absolute Gasteiger partial charge is 0.325 e. The predicted octanol–water partition coefficient (Wildman–Crippen LogP) is 4.85. The predicted molar refractivity (Wildman–Crippen MR) is 119 cm³/mol. The standard InChI is InChI=1S/C24H24F3N5O2/c1-30-10-8-18(9-11-30)31-14-17-4-2-3-5-20(17)32(24(31)33)13-16-7-6-15(12-19(16)25)22-28-29-23(34-22)21(26)27/h2-7,12,18,21H,8-11,13-14H2,1H3. The zero-order valence-corrected chi connectivity index (χ0v) is 18.6. The number of alkyl halides is 2. The topological polar surface area (TPSA) is 65.7 Å². The molecule has 10 heteroatoms. The van der Waals surface area contributed by atoms with E-state index in [0.29, 0.717) is 12.1 Å². The molecule has 3 heterocycles. The second kappa shape index (κ2) is 9.09. The molecule has 0 spiro atoms. The number of carbonyl (C=O) groups is 1. The minimum absolute atomic E-state index is 0.0389. The summed E-state index contributed by atoms with van der Waals surface area (Å²) in [4.78, 5) is 19.3. The number of aromatic nitrogens is 2. The quantitative estimate of drug-likeness (QED) is 0.532. The molecule has 1 aromatic heterocycles. The Balaban J connectivity index is 1.41. The number of fused-ring (bicyclic) bond motifs is 1. The number of hydrogen-bond donors (Lipinski definition) is 0. The van der Waals surface area contributed by atoms with Crippen molar-refractivity contribution in [2.24, 2.45) is 0 Å². The average molecular weight is 471 g/mol. The van der Waals surface area contributed by atoms with Gasteiger partial charge in [0.2, 0.25) is 5.89 Å². The van der Waals surface area contributed by atoms with Crippen LogP contribution in [-0.2, 0) is 13.1 Å². The number of hydrogen-bond acceptors (Lipinski definition) is 5. The number of likely N-dealkylation sites (tertiary alicyclic amines) is 1. The highest BCUT2D eigenvalue weighted by molar-refractivity contribution is 5.95. The Kier molecular flexibility index (Phi) is 5.99. The number of para-hydroxylation sites is 1. The summed E-state index contributed by atoms with van der Waals surface area (Å²) < 4.78 is 45.4. The van der Waals surface area contributed by atoms with Gasteiger partial charge in [0.1, 0.15) is 5.82 Å². The molecule has 0 unspecified atom stereocenters. The first-order valence-corrected chi connectivity index (χ1v) is 11.2. The molecule has 7 nitrogen and oxygen atoms in total. The monoisotopic (exact) mass is 471 g/mol. The number of rotatable bonds is 5. The fourth-order valence-corrected chi connectivity index (χ4v) is 4.58. The summed E-state index contributed by atoms with van der Waals surface area (Å²) in [5.74, 6) is -1.59. The lowest BCUT2D eigenvalue weighted by atomic mass is 10.00. The number of halogens is 3. The zero-order chi connectivity index (χ0) is 23.8. The minimum Gasteiger partial charge on any atom is -0.415 e. The van der Waals surface area contributed by atoms with Crippen molar-refractivity contribution in [1.82, 2.24) is 20.0 Å². The van der Waals surface area contributed by atoms with E-state index in [1.54, 1.807) is 4.90 Å². The maximum atomic E-state index is 15.1. The lowest BCUT2D eigenvalue weighted by molar-refractivity contribution is 0.116. The first-order chi connectivity index (χ1) is 16.4. The van der Waals surface area contributed by atoms with E-state index in [9.17, 15) is 13.6 Å². The van der Waals surface area contributed by atoms with Crippen LogP contribution >= 0.6 is 0 Å². The van der Waals surface area contributed by atoms with Crippen molar-refractivity contribution in [2.75, 3.05) is 25.0 Å². The first-order valence-electron chi connectivity index (χ1n) is 11.2. The third-order valence-electron chi connectivity index (χ3n) is 6.48. The fraction of sp³-hybridized carbons (Fsp3) is 0.375. The highest BCUT2D eigenvalue weighted by atomic mass is 19.3. The van der Waals surface area contributed by atoms with Crippen LogP contribution in [0.1, 0.15) is 36.3 Å². The molecular formula is C24H24F3N5O2. The molecule has 178 valence electrons. The zero-order valence-electron chi connectivity index (χ0n) is 18.6. The van der Waals surface area contributed by atoms with Crippen molar-refractivity contribution in [3.05, 3.63) is 65.3 Å². The van der Waals surface area contributed by atoms with Crippen LogP contribution in [0, 0.1) is 5.82 Å². The van der Waals surface area contributed by atoms with Crippen molar-refractivity contribution < 1.29 is 22.4 Å². The van der Waals surface area contributed by atoms with Crippen LogP contribution in [0.3, 0.4) is 0 Å². The van der Waals surface area contributed by atoms with Crippen molar-refractivity contribution in [3.63, 3.8) is 0 Å². The van der Waals surface area contributed by atoms with Crippen LogP contribution in [0.2, 0.25) is 0 Å². The van der Waals surface area contributed by atoms with Gasteiger partial charge in [0, 0.05) is 23.7 Å². The largest absolute Gasteiger partial charge is 0.415 e. The SMILES string of the molecule is CN1CCC(N2Cc3ccccc3N(Cc3ccc(-c4nnc(C(F)F)o4)cc3F)C2=O)CC1. The highest BCUT2D eigenvalue weighted by Crippen LogP contribution is 2.34. The molecule has 0 N–H and O–H groups in total. The summed E-state index contributed by atoms with van der Waals surface area (Å²) in [5, 5.41) is 6.84. The van der Waals surface area contributed by atoms with E-state index in [2.05, 4.69) is 22.1 Å². The van der Waals surface area contributed by atoms with Crippen molar-refractivity contribution >= 4 is 11.7 Å². The Labute approximate surface area is 194 Å². The van der Waals surface area contributed by atoms with Crippen molar-refractivity contribution in [3.8, 4) is 11.5 Å². The Morgan fingerprint density at radius 1 is 1.12 bits per heavy atom. The van der Waals surface area contributed by atoms with E-state index in [4.69, 9.17) is 4.42 Å². The Hall–Kier alpha value is -3.40. The van der Waals surface area contributed by atoms with Crippen LogP contribution in [-0.4, -0.2) is 52.2 Å². The number of urea groups is 1. The van der Waals surface area contributed by atoms with Gasteiger partial charge in [-0.1, -0.05) is 24.3 Å². The molecule has 3 aromatic rings. The molecule has 0 saturated carbocycles. The lowest BCUT2D eigenvalue weighted by Gasteiger charge is -2.43. The van der Waals surface area contributed by atoms with Gasteiger partial charge < -0.3 is 14.2 Å². The van der Waals surface area contributed by atoms with E-state index >= 15 is 4.39 Å². The lowest BCUT2D eigenvalue weighted by Crippen LogP contribution is -2.53. The molecule has 1 saturated heterocycles. The summed E-state index contributed by atoms with van der Waals surface area (Å²) in [5.41, 5.74) is 2.27. The Bertz CT molecular complexity index is 1190. The molecule has 0 atom stereocenters. The van der Waals surface area contributed by atoms with Gasteiger partial charge in [0.05, 0.1) is 12.2 Å². The van der Waals surface area contributed by atoms with Crippen LogP contribution in [0.25, 0.3) is 11.5 Å². The summed E-state index contributed by atoms with van der Waals surface area (Å²) in [7, 11) is 2.07. The van der Waals surface area contributed by atoms with Crippen molar-refractivity contribution in [2.45, 2.75) is 38.4 Å². The molecule has 34 heavy (non-hydrogen) atoms. The van der Waals surface area contributed by atoms with E-state index < -0.39 is 18.1 Å². The third kappa shape index (κ3) is 4.25. The summed E-state index contributed by atoms with van der Waals surface area (Å²) in [6.07, 6.45) is -1.11. The third-order valence-corrected chi connectivity index (χ3v) is 6.48. The van der Waals surface area contributed by atoms with Crippen LogP contribution in [0.4, 0.5) is 23.7 Å². The fourth-order valence-electron chi connectivity index (χ4n) is 4.58. The number of nitrogens with zero attached hydrogens (tertiary/aromatic N) is 5. The van der Waals surface area contributed by atoms with Crippen LogP contribution in [0.5, 0.6) is 0 Å². The maximum Gasteiger partial charge on any atom is 0.325 e. The number of carbonyl (C=O) groups excluding carboxylic acids is 1. The minimum atomic E-state index is -2.90. The van der Waals surface area contributed by atoms with E-state index in [-0.39, 0.29) is 30.1 Å². The molecule has 2 amide bonds. The van der Waals surface area contributed by atoms with Gasteiger partial charge in [-0.2, -0.15) is 8.78 Å². The summed E-state index contributed by atoms with van der Waals surface area (Å²) in [6.45, 7) is 2.42. The second-order valence-electron chi connectivity index (χ2n) is 8.71. The Morgan fingerprint density at radius 3 is 2.59 bits per heavy atom. The van der Waals surface area contributed by atoms with E-state index in [0.717, 1.165) is 43.2 Å². The molecule has 0 aliphatic carbocycles. The van der Waals surface area contributed by atoms with Gasteiger partial charge in [-0.25, -0.2) is 9.18 Å². The Morgan fingerprint density at radius 2 is 1.88 bits per heavy atom. The van der Waals surface area contributed by atoms with Gasteiger partial charge in [-0.3, -0.25) is 4.90 Å². The molecule has 2 aliphatic heterocycles. The van der Waals surface area contributed by atoms with Gasteiger partial charge in [-0.05, 0) is 56.7 Å². The number of benzene rings is 2. The number of amides is 2. The van der Waals surface area contributed by atoms with Crippen LogP contribution < -0.4 is 4.90 Å². The van der Waals surface area contributed by atoms with Gasteiger partial charge in [-0.15, -0.1) is 10.2 Å². The molecule has 0 bridgehead atoms.